The monoisotopic (exact) mass is 1130 g/mol. The summed E-state index contributed by atoms with van der Waals surface area (Å²) in [5.41, 5.74) is -0.409. The highest BCUT2D eigenvalue weighted by molar-refractivity contribution is 9.10. The first-order chi connectivity index (χ1) is 35.0. The zero-order chi connectivity index (χ0) is 52.6. The number of hydrogen-bond donors (Lipinski definition) is 4. The molecule has 0 spiro atoms. The van der Waals surface area contributed by atoms with Gasteiger partial charge in [0.05, 0.1) is 16.7 Å². The van der Waals surface area contributed by atoms with Crippen LogP contribution in [0.3, 0.4) is 0 Å². The number of carbonyl (C=O) groups excluding carboxylic acids is 2. The van der Waals surface area contributed by atoms with E-state index in [-0.39, 0.29) is 53.8 Å². The minimum atomic E-state index is -1.32. The number of nitrogens with one attached hydrogen (secondary N) is 2. The first kappa shape index (κ1) is 65.7. The van der Waals surface area contributed by atoms with Gasteiger partial charge >= 0.3 is 11.9 Å². The third kappa shape index (κ3) is 27.9. The van der Waals surface area contributed by atoms with Gasteiger partial charge in [-0.3, -0.25) is 9.59 Å². The fourth-order valence-corrected chi connectivity index (χ4v) is 11.9. The second-order valence-corrected chi connectivity index (χ2v) is 23.3. The number of unbranched alkanes of at least 4 members (excludes halogenated alkanes) is 32. The molecular formula is C62H104Br2N2O6. The molecule has 10 heteroatoms. The number of aromatic carboxylic acids is 2. The Morgan fingerprint density at radius 3 is 0.944 bits per heavy atom. The van der Waals surface area contributed by atoms with Crippen molar-refractivity contribution < 1.29 is 29.4 Å². The van der Waals surface area contributed by atoms with Crippen molar-refractivity contribution in [1.29, 1.82) is 0 Å². The first-order valence-corrected chi connectivity index (χ1v) is 31.6. The molecule has 0 heterocycles. The molecule has 2 aromatic carbocycles. The summed E-state index contributed by atoms with van der Waals surface area (Å²) in [4.78, 5) is 55.1. The van der Waals surface area contributed by atoms with Crippen molar-refractivity contribution >= 4 is 66.4 Å². The van der Waals surface area contributed by atoms with Crippen LogP contribution in [0, 0.1) is 11.8 Å². The zero-order valence-corrected chi connectivity index (χ0v) is 49.5. The van der Waals surface area contributed by atoms with E-state index in [1.807, 2.05) is 0 Å². The van der Waals surface area contributed by atoms with Gasteiger partial charge in [-0.05, 0) is 81.5 Å². The largest absolute Gasteiger partial charge is 0.478 e. The fraction of sp³-hybridized carbons (Fsp3) is 0.774. The minimum Gasteiger partial charge on any atom is -0.478 e. The highest BCUT2D eigenvalue weighted by Gasteiger charge is 2.30. The van der Waals surface area contributed by atoms with Crippen molar-refractivity contribution in [2.24, 2.45) is 11.8 Å². The maximum absolute atomic E-state index is 14.5. The molecule has 0 radical (unpaired) electrons. The summed E-state index contributed by atoms with van der Waals surface area (Å²) in [5.74, 6) is -3.06. The summed E-state index contributed by atoms with van der Waals surface area (Å²) in [7, 11) is 0. The van der Waals surface area contributed by atoms with Crippen molar-refractivity contribution in [1.82, 2.24) is 10.6 Å². The number of halogens is 2. The number of carbonyl (C=O) groups is 4. The molecule has 0 saturated heterocycles. The number of rotatable bonds is 48. The summed E-state index contributed by atoms with van der Waals surface area (Å²) >= 11 is 6.96. The lowest BCUT2D eigenvalue weighted by atomic mass is 9.90. The molecule has 0 aliphatic heterocycles. The molecule has 2 atom stereocenters. The van der Waals surface area contributed by atoms with Gasteiger partial charge in [0.25, 0.3) is 11.8 Å². The van der Waals surface area contributed by atoms with Gasteiger partial charge in [0.2, 0.25) is 0 Å². The summed E-state index contributed by atoms with van der Waals surface area (Å²) in [6, 6.07) is 2.77. The predicted molar refractivity (Wildman–Crippen MR) is 312 cm³/mol. The van der Waals surface area contributed by atoms with Gasteiger partial charge in [0.15, 0.2) is 0 Å². The van der Waals surface area contributed by atoms with Crippen LogP contribution >= 0.6 is 31.9 Å². The molecule has 0 aromatic heterocycles. The lowest BCUT2D eigenvalue weighted by Gasteiger charge is -2.21. The average molecular weight is 1130 g/mol. The lowest BCUT2D eigenvalue weighted by molar-refractivity contribution is 0.0683. The Bertz CT molecular complexity index is 1780. The van der Waals surface area contributed by atoms with Crippen LogP contribution in [0.15, 0.2) is 21.1 Å². The van der Waals surface area contributed by atoms with E-state index >= 15 is 0 Å². The third-order valence-electron chi connectivity index (χ3n) is 15.2. The van der Waals surface area contributed by atoms with Crippen molar-refractivity contribution in [2.75, 3.05) is 13.1 Å². The quantitative estimate of drug-likeness (QED) is 0.0488. The minimum absolute atomic E-state index is 0.0345. The molecule has 2 amide bonds. The van der Waals surface area contributed by atoms with Crippen molar-refractivity contribution in [3.63, 3.8) is 0 Å². The Morgan fingerprint density at radius 2 is 0.639 bits per heavy atom. The Labute approximate surface area is 456 Å². The van der Waals surface area contributed by atoms with Crippen molar-refractivity contribution in [3.05, 3.63) is 43.3 Å². The zero-order valence-electron chi connectivity index (χ0n) is 46.3. The van der Waals surface area contributed by atoms with Gasteiger partial charge in [-0.1, -0.05) is 259 Å². The number of fused-ring (bicyclic) bond motifs is 1. The van der Waals surface area contributed by atoms with E-state index in [1.54, 1.807) is 0 Å². The van der Waals surface area contributed by atoms with Gasteiger partial charge in [-0.25, -0.2) is 9.59 Å². The molecule has 4 N–H and O–H groups in total. The Kier molecular flexibility index (Phi) is 39.0. The van der Waals surface area contributed by atoms with Crippen LogP contribution in [0.1, 0.15) is 326 Å². The van der Waals surface area contributed by atoms with Crippen LogP contribution in [-0.2, 0) is 0 Å². The predicted octanol–water partition coefficient (Wildman–Crippen LogP) is 20.1. The molecule has 8 nitrogen and oxygen atoms in total. The second kappa shape index (κ2) is 42.7. The summed E-state index contributed by atoms with van der Waals surface area (Å²) in [6.45, 7) is 9.88. The molecule has 72 heavy (non-hydrogen) atoms. The molecule has 0 aliphatic rings. The van der Waals surface area contributed by atoms with Gasteiger partial charge in [0.1, 0.15) is 0 Å². The number of hydrogen-bond acceptors (Lipinski definition) is 4. The van der Waals surface area contributed by atoms with Crippen LogP contribution in [0.5, 0.6) is 0 Å². The van der Waals surface area contributed by atoms with Crippen molar-refractivity contribution in [3.8, 4) is 0 Å². The van der Waals surface area contributed by atoms with E-state index < -0.39 is 23.8 Å². The van der Waals surface area contributed by atoms with Gasteiger partial charge in [-0.15, -0.1) is 0 Å². The summed E-state index contributed by atoms with van der Waals surface area (Å²) in [5, 5.41) is 27.6. The molecule has 2 unspecified atom stereocenters. The van der Waals surface area contributed by atoms with Crippen LogP contribution in [0.25, 0.3) is 10.8 Å². The molecule has 412 valence electrons. The molecule has 0 fully saturated rings. The van der Waals surface area contributed by atoms with E-state index in [9.17, 15) is 29.4 Å². The highest BCUT2D eigenvalue weighted by atomic mass is 79.9. The lowest BCUT2D eigenvalue weighted by Crippen LogP contribution is -2.32. The Hall–Kier alpha value is -2.46. The van der Waals surface area contributed by atoms with E-state index in [0.29, 0.717) is 13.1 Å². The topological polar surface area (TPSA) is 133 Å². The molecular weight excluding hydrogens is 1030 g/mol. The standard InChI is InChI=1S/C62H104Br2N2O6/c1-5-9-13-17-21-25-27-31-35-38-42-49(41-37-33-29-23-19-15-11-7-3)47-65-59(67)51-45-53(63)57(56-52(61(69)70)46-54(64)58(55(51)56)62(71)72)60(68)66-48-50(43-39-34-30-24-20-16-12-8-4)44-40-36-32-28-26-22-18-14-10-6-2/h45-46,49-50H,5-44,47-48H2,1-4H3,(H,65,67)(H,66,68)(H,69,70)(H,71,72). The Balaban J connectivity index is 2.34. The second-order valence-electron chi connectivity index (χ2n) is 21.5. The third-order valence-corrected chi connectivity index (χ3v) is 16.4. The molecule has 0 saturated carbocycles. The van der Waals surface area contributed by atoms with E-state index in [0.717, 1.165) is 51.4 Å². The summed E-state index contributed by atoms with van der Waals surface area (Å²) in [6.07, 6.45) is 49.0. The molecule has 0 aliphatic carbocycles. The number of benzene rings is 2. The maximum Gasteiger partial charge on any atom is 0.337 e. The van der Waals surface area contributed by atoms with Crippen LogP contribution < -0.4 is 10.6 Å². The van der Waals surface area contributed by atoms with E-state index in [1.165, 1.54) is 218 Å². The SMILES string of the molecule is CCCCCCCCCCCCC(CCCCCCCCCC)CNC(=O)c1cc(Br)c(C(=O)NCC(CCCCCCCCCC)CCCCCCCCCCCC)c2c(C(=O)O)cc(Br)c(C(=O)O)c12. The molecule has 2 aromatic rings. The summed E-state index contributed by atoms with van der Waals surface area (Å²) < 4.78 is 0.298. The maximum atomic E-state index is 14.5. The van der Waals surface area contributed by atoms with E-state index in [4.69, 9.17) is 0 Å². The normalized spacial score (nSPS) is 12.4. The van der Waals surface area contributed by atoms with E-state index in [2.05, 4.69) is 70.2 Å². The number of carboxylic acid groups (broad SMARTS) is 2. The van der Waals surface area contributed by atoms with Crippen LogP contribution in [-0.4, -0.2) is 47.1 Å². The Morgan fingerprint density at radius 1 is 0.375 bits per heavy atom. The van der Waals surface area contributed by atoms with Gasteiger partial charge < -0.3 is 20.8 Å². The van der Waals surface area contributed by atoms with Gasteiger partial charge in [0, 0.05) is 38.4 Å². The van der Waals surface area contributed by atoms with Gasteiger partial charge in [-0.2, -0.15) is 0 Å². The fourth-order valence-electron chi connectivity index (χ4n) is 10.7. The van der Waals surface area contributed by atoms with Crippen LogP contribution in [0.4, 0.5) is 0 Å². The highest BCUT2D eigenvalue weighted by Crippen LogP contribution is 2.39. The molecule has 2 rings (SSSR count). The number of amides is 2. The van der Waals surface area contributed by atoms with Crippen LogP contribution in [0.2, 0.25) is 0 Å². The molecule has 0 bridgehead atoms. The average Bonchev–Trinajstić information content (AvgIpc) is 3.36. The van der Waals surface area contributed by atoms with Crippen molar-refractivity contribution in [2.45, 2.75) is 285 Å². The smallest absolute Gasteiger partial charge is 0.337 e. The number of carboxylic acids is 2. The first-order valence-electron chi connectivity index (χ1n) is 30.0.